The summed E-state index contributed by atoms with van der Waals surface area (Å²) >= 11 is 1.44. The SMILES string of the molecule is CCCOCc1nc(CC(=O)O)cs1. The number of hydrogen-bond acceptors (Lipinski definition) is 4. The smallest absolute Gasteiger partial charge is 0.309 e. The average molecular weight is 215 g/mol. The van der Waals surface area contributed by atoms with Crippen molar-refractivity contribution >= 4 is 17.3 Å². The molecule has 0 aromatic carbocycles. The average Bonchev–Trinajstić information content (AvgIpc) is 2.52. The van der Waals surface area contributed by atoms with Crippen molar-refractivity contribution in [1.29, 1.82) is 0 Å². The summed E-state index contributed by atoms with van der Waals surface area (Å²) in [5.41, 5.74) is 0.609. The molecule has 0 spiro atoms. The van der Waals surface area contributed by atoms with Crippen LogP contribution in [0.2, 0.25) is 0 Å². The van der Waals surface area contributed by atoms with E-state index < -0.39 is 5.97 Å². The summed E-state index contributed by atoms with van der Waals surface area (Å²) in [4.78, 5) is 14.5. The molecule has 1 aromatic rings. The molecule has 0 unspecified atom stereocenters. The Morgan fingerprint density at radius 3 is 3.14 bits per heavy atom. The highest BCUT2D eigenvalue weighted by Gasteiger charge is 2.05. The van der Waals surface area contributed by atoms with E-state index in [0.29, 0.717) is 18.9 Å². The Morgan fingerprint density at radius 1 is 1.71 bits per heavy atom. The van der Waals surface area contributed by atoms with E-state index in [1.165, 1.54) is 11.3 Å². The molecule has 0 fully saturated rings. The molecule has 0 saturated heterocycles. The first-order valence-electron chi connectivity index (χ1n) is 4.45. The molecule has 0 aliphatic rings. The normalized spacial score (nSPS) is 10.4. The fourth-order valence-electron chi connectivity index (χ4n) is 0.955. The molecule has 1 rings (SSSR count). The second kappa shape index (κ2) is 5.72. The zero-order valence-electron chi connectivity index (χ0n) is 8.02. The summed E-state index contributed by atoms with van der Waals surface area (Å²) in [6.45, 7) is 3.24. The Hall–Kier alpha value is -0.940. The number of aromatic nitrogens is 1. The fraction of sp³-hybridized carbons (Fsp3) is 0.556. The first-order valence-corrected chi connectivity index (χ1v) is 5.33. The van der Waals surface area contributed by atoms with Gasteiger partial charge in [0.1, 0.15) is 5.01 Å². The third kappa shape index (κ3) is 3.85. The third-order valence-corrected chi connectivity index (χ3v) is 2.38. The van der Waals surface area contributed by atoms with Crippen molar-refractivity contribution < 1.29 is 14.6 Å². The Morgan fingerprint density at radius 2 is 2.50 bits per heavy atom. The highest BCUT2D eigenvalue weighted by molar-refractivity contribution is 7.09. The molecule has 0 atom stereocenters. The highest BCUT2D eigenvalue weighted by Crippen LogP contribution is 2.11. The van der Waals surface area contributed by atoms with E-state index in [2.05, 4.69) is 4.98 Å². The minimum absolute atomic E-state index is 0.00965. The highest BCUT2D eigenvalue weighted by atomic mass is 32.1. The molecule has 5 heteroatoms. The quantitative estimate of drug-likeness (QED) is 0.734. The number of thiazole rings is 1. The number of hydrogen-bond donors (Lipinski definition) is 1. The van der Waals surface area contributed by atoms with Gasteiger partial charge in [-0.05, 0) is 6.42 Å². The lowest BCUT2D eigenvalue weighted by atomic mass is 10.3. The van der Waals surface area contributed by atoms with Gasteiger partial charge in [0.15, 0.2) is 0 Å². The summed E-state index contributed by atoms with van der Waals surface area (Å²) in [6, 6.07) is 0. The van der Waals surface area contributed by atoms with Crippen LogP contribution in [0.3, 0.4) is 0 Å². The van der Waals surface area contributed by atoms with Crippen molar-refractivity contribution in [1.82, 2.24) is 4.98 Å². The van der Waals surface area contributed by atoms with Gasteiger partial charge in [-0.2, -0.15) is 0 Å². The summed E-state index contributed by atoms with van der Waals surface area (Å²) in [6.07, 6.45) is 0.970. The van der Waals surface area contributed by atoms with Crippen LogP contribution in [-0.2, 0) is 22.6 Å². The van der Waals surface area contributed by atoms with Gasteiger partial charge < -0.3 is 9.84 Å². The lowest BCUT2D eigenvalue weighted by molar-refractivity contribution is -0.136. The van der Waals surface area contributed by atoms with Crippen LogP contribution in [0.1, 0.15) is 24.0 Å². The Labute approximate surface area is 86.6 Å². The summed E-state index contributed by atoms with van der Waals surface area (Å²) in [7, 11) is 0. The molecule has 4 nitrogen and oxygen atoms in total. The Balaban J connectivity index is 2.38. The van der Waals surface area contributed by atoms with E-state index in [1.54, 1.807) is 5.38 Å². The van der Waals surface area contributed by atoms with Crippen LogP contribution < -0.4 is 0 Å². The van der Waals surface area contributed by atoms with Crippen LogP contribution in [0.25, 0.3) is 0 Å². The number of rotatable bonds is 6. The summed E-state index contributed by atoms with van der Waals surface area (Å²) in [5, 5.41) is 11.1. The van der Waals surface area contributed by atoms with Crippen molar-refractivity contribution in [3.8, 4) is 0 Å². The van der Waals surface area contributed by atoms with Crippen LogP contribution in [0.4, 0.5) is 0 Å². The number of carboxylic acids is 1. The van der Waals surface area contributed by atoms with E-state index >= 15 is 0 Å². The van der Waals surface area contributed by atoms with Crippen molar-refractivity contribution in [2.75, 3.05) is 6.61 Å². The molecular formula is C9H13NO3S. The van der Waals surface area contributed by atoms with E-state index in [9.17, 15) is 4.79 Å². The van der Waals surface area contributed by atoms with Crippen LogP contribution in [0.15, 0.2) is 5.38 Å². The number of carboxylic acid groups (broad SMARTS) is 1. The lowest BCUT2D eigenvalue weighted by Gasteiger charge is -1.97. The second-order valence-corrected chi connectivity index (χ2v) is 3.80. The maximum absolute atomic E-state index is 10.4. The van der Waals surface area contributed by atoms with Gasteiger partial charge in [0.05, 0.1) is 18.7 Å². The van der Waals surface area contributed by atoms with E-state index in [-0.39, 0.29) is 6.42 Å². The predicted molar refractivity (Wildman–Crippen MR) is 53.4 cm³/mol. The van der Waals surface area contributed by atoms with Crippen molar-refractivity contribution in [3.05, 3.63) is 16.1 Å². The summed E-state index contributed by atoms with van der Waals surface area (Å²) < 4.78 is 5.29. The minimum Gasteiger partial charge on any atom is -0.481 e. The number of nitrogens with zero attached hydrogens (tertiary/aromatic N) is 1. The second-order valence-electron chi connectivity index (χ2n) is 2.86. The molecule has 1 heterocycles. The fourth-order valence-corrected chi connectivity index (χ4v) is 1.68. The zero-order chi connectivity index (χ0) is 10.4. The number of carbonyl (C=O) groups is 1. The number of aliphatic carboxylic acids is 1. The van der Waals surface area contributed by atoms with Gasteiger partial charge in [-0.3, -0.25) is 4.79 Å². The standard InChI is InChI=1S/C9H13NO3S/c1-2-3-13-5-8-10-7(6-14-8)4-9(11)12/h6H,2-5H2,1H3,(H,11,12). The van der Waals surface area contributed by atoms with Crippen LogP contribution in [-0.4, -0.2) is 22.7 Å². The van der Waals surface area contributed by atoms with Crippen molar-refractivity contribution in [2.45, 2.75) is 26.4 Å². The summed E-state index contributed by atoms with van der Waals surface area (Å²) in [5.74, 6) is -0.851. The zero-order valence-corrected chi connectivity index (χ0v) is 8.84. The minimum atomic E-state index is -0.851. The maximum Gasteiger partial charge on any atom is 0.309 e. The molecule has 1 N–H and O–H groups in total. The van der Waals surface area contributed by atoms with Gasteiger partial charge in [0.25, 0.3) is 0 Å². The van der Waals surface area contributed by atoms with E-state index in [4.69, 9.17) is 9.84 Å². The topological polar surface area (TPSA) is 59.4 Å². The molecule has 0 aliphatic heterocycles. The van der Waals surface area contributed by atoms with Gasteiger partial charge >= 0.3 is 5.97 Å². The first kappa shape index (κ1) is 11.1. The van der Waals surface area contributed by atoms with Gasteiger partial charge in [0, 0.05) is 12.0 Å². The van der Waals surface area contributed by atoms with E-state index in [0.717, 1.165) is 11.4 Å². The molecule has 0 radical (unpaired) electrons. The molecule has 1 aromatic heterocycles. The third-order valence-electron chi connectivity index (χ3n) is 1.51. The Kier molecular flexibility index (Phi) is 4.55. The first-order chi connectivity index (χ1) is 6.72. The number of ether oxygens (including phenoxy) is 1. The Bertz CT molecular complexity index is 298. The monoisotopic (exact) mass is 215 g/mol. The van der Waals surface area contributed by atoms with Crippen LogP contribution in [0, 0.1) is 0 Å². The van der Waals surface area contributed by atoms with Crippen LogP contribution >= 0.6 is 11.3 Å². The molecule has 14 heavy (non-hydrogen) atoms. The van der Waals surface area contributed by atoms with E-state index in [1.807, 2.05) is 6.92 Å². The maximum atomic E-state index is 10.4. The van der Waals surface area contributed by atoms with Gasteiger partial charge in [-0.1, -0.05) is 6.92 Å². The van der Waals surface area contributed by atoms with Crippen molar-refractivity contribution in [3.63, 3.8) is 0 Å². The van der Waals surface area contributed by atoms with Crippen LogP contribution in [0.5, 0.6) is 0 Å². The molecule has 78 valence electrons. The van der Waals surface area contributed by atoms with Gasteiger partial charge in [-0.15, -0.1) is 11.3 Å². The largest absolute Gasteiger partial charge is 0.481 e. The van der Waals surface area contributed by atoms with Gasteiger partial charge in [0.2, 0.25) is 0 Å². The molecule has 0 bridgehead atoms. The predicted octanol–water partition coefficient (Wildman–Crippen LogP) is 1.70. The lowest BCUT2D eigenvalue weighted by Crippen LogP contribution is -2.00. The molecule has 0 saturated carbocycles. The molecule has 0 amide bonds. The molecular weight excluding hydrogens is 202 g/mol. The molecule has 0 aliphatic carbocycles. The van der Waals surface area contributed by atoms with Gasteiger partial charge in [-0.25, -0.2) is 4.98 Å². The van der Waals surface area contributed by atoms with Crippen molar-refractivity contribution in [2.24, 2.45) is 0 Å².